The van der Waals surface area contributed by atoms with Gasteiger partial charge in [-0.25, -0.2) is 0 Å². The Morgan fingerprint density at radius 2 is 0.697 bits per heavy atom. The van der Waals surface area contributed by atoms with Crippen LogP contribution in [-0.2, 0) is 5.41 Å². The van der Waals surface area contributed by atoms with Crippen molar-refractivity contribution in [2.75, 3.05) is 9.80 Å². The van der Waals surface area contributed by atoms with Crippen LogP contribution in [-0.4, -0.2) is 0 Å². The van der Waals surface area contributed by atoms with E-state index in [4.69, 9.17) is 0 Å². The minimum atomic E-state index is -0.0430. The lowest BCUT2D eigenvalue weighted by atomic mass is 9.81. The van der Waals surface area contributed by atoms with E-state index in [1.54, 1.807) is 0 Å². The standard InChI is InChI=1S/C63H46N2S/c1-63(2)59-29-16-15-28-55(59)56-33-30-47(41-60(56)63)44-19-17-18-43(36-44)45-31-34-61-57(39-45)58-40-46(32-35-62(58)66-61)48-37-53(64(49-20-7-3-8-21-49)50-22-9-4-10-23-50)42-54(38-48)65(51-24-11-5-12-25-51)52-26-13-6-14-27-52/h3-42H,1-2H3. The molecule has 12 rings (SSSR count). The summed E-state index contributed by atoms with van der Waals surface area (Å²) in [6, 6.07) is 88.8. The van der Waals surface area contributed by atoms with Gasteiger partial charge in [0, 0.05) is 59.7 Å². The van der Waals surface area contributed by atoms with Crippen molar-refractivity contribution in [1.82, 2.24) is 0 Å². The lowest BCUT2D eigenvalue weighted by Crippen LogP contribution is -2.14. The van der Waals surface area contributed by atoms with Gasteiger partial charge in [-0.15, -0.1) is 11.3 Å². The largest absolute Gasteiger partial charge is 0.310 e. The van der Waals surface area contributed by atoms with E-state index < -0.39 is 0 Å². The van der Waals surface area contributed by atoms with Crippen LogP contribution in [0, 0.1) is 0 Å². The van der Waals surface area contributed by atoms with Crippen molar-refractivity contribution < 1.29 is 0 Å². The van der Waals surface area contributed by atoms with Crippen molar-refractivity contribution in [2.45, 2.75) is 19.3 Å². The normalized spacial score (nSPS) is 12.5. The molecule has 1 aromatic heterocycles. The summed E-state index contributed by atoms with van der Waals surface area (Å²) in [7, 11) is 0. The van der Waals surface area contributed by atoms with Crippen LogP contribution in [0.1, 0.15) is 25.0 Å². The lowest BCUT2D eigenvalue weighted by Gasteiger charge is -2.30. The molecule has 10 aromatic carbocycles. The Balaban J connectivity index is 0.983. The third kappa shape index (κ3) is 6.97. The van der Waals surface area contributed by atoms with Gasteiger partial charge < -0.3 is 9.80 Å². The predicted octanol–water partition coefficient (Wildman–Crippen LogP) is 18.3. The highest BCUT2D eigenvalue weighted by molar-refractivity contribution is 7.25. The van der Waals surface area contributed by atoms with Crippen LogP contribution < -0.4 is 9.80 Å². The molecule has 1 heterocycles. The smallest absolute Gasteiger partial charge is 0.0488 e. The molecule has 3 heteroatoms. The minimum absolute atomic E-state index is 0.0430. The van der Waals surface area contributed by atoms with E-state index in [1.807, 2.05) is 11.3 Å². The highest BCUT2D eigenvalue weighted by Gasteiger charge is 2.35. The first-order chi connectivity index (χ1) is 32.5. The topological polar surface area (TPSA) is 6.48 Å². The second-order valence-electron chi connectivity index (χ2n) is 17.8. The fourth-order valence-corrected chi connectivity index (χ4v) is 11.2. The van der Waals surface area contributed by atoms with E-state index in [9.17, 15) is 0 Å². The maximum absolute atomic E-state index is 2.42. The Kier molecular flexibility index (Phi) is 9.73. The number of para-hydroxylation sites is 4. The Morgan fingerprint density at radius 3 is 1.21 bits per heavy atom. The number of thiophene rings is 1. The molecule has 0 amide bonds. The molecule has 66 heavy (non-hydrogen) atoms. The maximum atomic E-state index is 2.42. The van der Waals surface area contributed by atoms with Crippen LogP contribution in [0.25, 0.3) is 64.7 Å². The summed E-state index contributed by atoms with van der Waals surface area (Å²) in [5, 5.41) is 2.54. The fourth-order valence-electron chi connectivity index (χ4n) is 10.1. The van der Waals surface area contributed by atoms with Crippen LogP contribution >= 0.6 is 11.3 Å². The SMILES string of the molecule is CC1(C)c2ccccc2-c2ccc(-c3cccc(-c4ccc5sc6ccc(-c7cc(N(c8ccccc8)c8ccccc8)cc(N(c8ccccc8)c8ccccc8)c7)cc6c5c4)c3)cc21. The zero-order valence-corrected chi connectivity index (χ0v) is 37.7. The van der Waals surface area contributed by atoms with Crippen LogP contribution in [0.15, 0.2) is 243 Å². The highest BCUT2D eigenvalue weighted by atomic mass is 32.1. The van der Waals surface area contributed by atoms with Gasteiger partial charge >= 0.3 is 0 Å². The Bertz CT molecular complexity index is 3380. The molecule has 0 bridgehead atoms. The molecule has 0 aliphatic heterocycles. The van der Waals surface area contributed by atoms with Crippen LogP contribution in [0.3, 0.4) is 0 Å². The molecule has 1 aliphatic rings. The molecular weight excluding hydrogens is 817 g/mol. The third-order valence-corrected chi connectivity index (χ3v) is 14.5. The van der Waals surface area contributed by atoms with Crippen LogP contribution in [0.2, 0.25) is 0 Å². The second kappa shape index (κ2) is 16.2. The zero-order chi connectivity index (χ0) is 44.2. The van der Waals surface area contributed by atoms with Gasteiger partial charge in [-0.2, -0.15) is 0 Å². The van der Waals surface area contributed by atoms with Gasteiger partial charge in [-0.1, -0.05) is 153 Å². The summed E-state index contributed by atoms with van der Waals surface area (Å²) in [6.07, 6.45) is 0. The molecule has 0 fully saturated rings. The van der Waals surface area contributed by atoms with E-state index in [0.29, 0.717) is 0 Å². The molecular formula is C63H46N2S. The number of fused-ring (bicyclic) bond motifs is 6. The van der Waals surface area contributed by atoms with Gasteiger partial charge in [0.2, 0.25) is 0 Å². The number of nitrogens with zero attached hydrogens (tertiary/aromatic N) is 2. The fraction of sp³-hybridized carbons (Fsp3) is 0.0476. The van der Waals surface area contributed by atoms with Gasteiger partial charge in [0.25, 0.3) is 0 Å². The summed E-state index contributed by atoms with van der Waals surface area (Å²) < 4.78 is 2.57. The summed E-state index contributed by atoms with van der Waals surface area (Å²) in [4.78, 5) is 4.73. The van der Waals surface area contributed by atoms with Gasteiger partial charge in [0.1, 0.15) is 0 Å². The van der Waals surface area contributed by atoms with Crippen LogP contribution in [0.5, 0.6) is 0 Å². The molecule has 0 saturated heterocycles. The average Bonchev–Trinajstić information content (AvgIpc) is 3.86. The first kappa shape index (κ1) is 39.6. The minimum Gasteiger partial charge on any atom is -0.310 e. The molecule has 314 valence electrons. The van der Waals surface area contributed by atoms with Crippen molar-refractivity contribution in [3.05, 3.63) is 254 Å². The van der Waals surface area contributed by atoms with Crippen molar-refractivity contribution >= 4 is 65.6 Å². The molecule has 0 N–H and O–H groups in total. The van der Waals surface area contributed by atoms with Gasteiger partial charge in [-0.05, 0) is 159 Å². The number of anilines is 6. The van der Waals surface area contributed by atoms with E-state index in [2.05, 4.69) is 266 Å². The van der Waals surface area contributed by atoms with E-state index in [-0.39, 0.29) is 5.41 Å². The number of hydrogen-bond donors (Lipinski definition) is 0. The quantitative estimate of drug-likeness (QED) is 0.143. The Morgan fingerprint density at radius 1 is 0.288 bits per heavy atom. The van der Waals surface area contributed by atoms with E-state index in [0.717, 1.165) is 39.7 Å². The van der Waals surface area contributed by atoms with Crippen molar-refractivity contribution in [3.8, 4) is 44.5 Å². The van der Waals surface area contributed by atoms with E-state index >= 15 is 0 Å². The number of rotatable bonds is 9. The monoisotopic (exact) mass is 862 g/mol. The van der Waals surface area contributed by atoms with Crippen molar-refractivity contribution in [2.24, 2.45) is 0 Å². The molecule has 0 unspecified atom stereocenters. The summed E-state index contributed by atoms with van der Waals surface area (Å²) in [5.74, 6) is 0. The van der Waals surface area contributed by atoms with Gasteiger partial charge in [0.15, 0.2) is 0 Å². The first-order valence-electron chi connectivity index (χ1n) is 22.7. The predicted molar refractivity (Wildman–Crippen MR) is 283 cm³/mol. The first-order valence-corrected chi connectivity index (χ1v) is 23.6. The summed E-state index contributed by atoms with van der Waals surface area (Å²) in [6.45, 7) is 4.71. The average molecular weight is 863 g/mol. The zero-order valence-electron chi connectivity index (χ0n) is 36.9. The Hall–Kier alpha value is -7.98. The molecule has 1 aliphatic carbocycles. The third-order valence-electron chi connectivity index (χ3n) is 13.4. The second-order valence-corrected chi connectivity index (χ2v) is 18.9. The van der Waals surface area contributed by atoms with Crippen LogP contribution in [0.4, 0.5) is 34.1 Å². The molecule has 11 aromatic rings. The van der Waals surface area contributed by atoms with Gasteiger partial charge in [0.05, 0.1) is 0 Å². The summed E-state index contributed by atoms with van der Waals surface area (Å²) in [5.41, 5.74) is 19.2. The number of hydrogen-bond acceptors (Lipinski definition) is 3. The Labute approximate surface area is 391 Å². The van der Waals surface area contributed by atoms with Crippen molar-refractivity contribution in [1.29, 1.82) is 0 Å². The highest BCUT2D eigenvalue weighted by Crippen LogP contribution is 2.50. The molecule has 0 atom stereocenters. The lowest BCUT2D eigenvalue weighted by molar-refractivity contribution is 0.660. The van der Waals surface area contributed by atoms with Gasteiger partial charge in [-0.3, -0.25) is 0 Å². The molecule has 2 nitrogen and oxygen atoms in total. The van der Waals surface area contributed by atoms with Crippen molar-refractivity contribution in [3.63, 3.8) is 0 Å². The van der Waals surface area contributed by atoms with E-state index in [1.165, 1.54) is 70.2 Å². The molecule has 0 spiro atoms. The maximum Gasteiger partial charge on any atom is 0.0488 e. The molecule has 0 saturated carbocycles. The summed E-state index contributed by atoms with van der Waals surface area (Å²) >= 11 is 1.86. The number of benzene rings is 10. The molecule has 0 radical (unpaired) electrons.